The number of nitrogens with two attached hydrogens (primary N) is 1. The minimum Gasteiger partial charge on any atom is -0.504 e. The van der Waals surface area contributed by atoms with Crippen LogP contribution in [0.15, 0.2) is 18.2 Å². The Hall–Kier alpha value is -1.75. The van der Waals surface area contributed by atoms with Crippen LogP contribution in [0.25, 0.3) is 0 Å². The number of phenolic OH excluding ortho intramolecular Hbond substituents is 2. The van der Waals surface area contributed by atoms with Crippen LogP contribution in [-0.4, -0.2) is 28.7 Å². The smallest absolute Gasteiger partial charge is 0.220 e. The predicted molar refractivity (Wildman–Crippen MR) is 78.6 cm³/mol. The second-order valence-electron chi connectivity index (χ2n) is 5.08. The van der Waals surface area contributed by atoms with Gasteiger partial charge in [0.2, 0.25) is 5.91 Å². The van der Waals surface area contributed by atoms with Crippen molar-refractivity contribution in [3.05, 3.63) is 23.8 Å². The summed E-state index contributed by atoms with van der Waals surface area (Å²) < 4.78 is 0. The molecule has 0 saturated carbocycles. The van der Waals surface area contributed by atoms with E-state index in [-0.39, 0.29) is 23.4 Å². The van der Waals surface area contributed by atoms with Crippen LogP contribution in [0.5, 0.6) is 11.5 Å². The number of aryl methyl sites for hydroxylation is 1. The molecule has 0 aliphatic carbocycles. The zero-order chi connectivity index (χ0) is 15.0. The Kier molecular flexibility index (Phi) is 6.87. The summed E-state index contributed by atoms with van der Waals surface area (Å²) in [7, 11) is 0. The van der Waals surface area contributed by atoms with Gasteiger partial charge in [-0.05, 0) is 50.4 Å². The van der Waals surface area contributed by atoms with Crippen LogP contribution in [0, 0.1) is 0 Å². The van der Waals surface area contributed by atoms with E-state index in [1.807, 2.05) is 6.92 Å². The average Bonchev–Trinajstić information content (AvgIpc) is 2.40. The maximum atomic E-state index is 11.8. The van der Waals surface area contributed by atoms with E-state index in [9.17, 15) is 15.0 Å². The van der Waals surface area contributed by atoms with Crippen molar-refractivity contribution in [2.45, 2.75) is 45.1 Å². The fraction of sp³-hybridized carbons (Fsp3) is 0.533. The highest BCUT2D eigenvalue weighted by atomic mass is 16.3. The molecular formula is C15H24N2O3. The van der Waals surface area contributed by atoms with Crippen LogP contribution in [0.4, 0.5) is 0 Å². The van der Waals surface area contributed by atoms with E-state index < -0.39 is 0 Å². The summed E-state index contributed by atoms with van der Waals surface area (Å²) in [5.74, 6) is -0.303. The van der Waals surface area contributed by atoms with Gasteiger partial charge >= 0.3 is 0 Å². The molecule has 1 aromatic rings. The summed E-state index contributed by atoms with van der Waals surface area (Å²) in [6.07, 6.45) is 3.83. The molecule has 5 nitrogen and oxygen atoms in total. The molecule has 0 aliphatic rings. The number of benzene rings is 1. The number of rotatable bonds is 8. The molecule has 1 amide bonds. The number of carbonyl (C=O) groups is 1. The summed E-state index contributed by atoms with van der Waals surface area (Å²) in [5, 5.41) is 21.5. The summed E-state index contributed by atoms with van der Waals surface area (Å²) >= 11 is 0. The normalized spacial score (nSPS) is 12.1. The van der Waals surface area contributed by atoms with Crippen molar-refractivity contribution >= 4 is 5.91 Å². The Morgan fingerprint density at radius 2 is 2.05 bits per heavy atom. The Labute approximate surface area is 119 Å². The number of hydrogen-bond acceptors (Lipinski definition) is 4. The van der Waals surface area contributed by atoms with Crippen molar-refractivity contribution in [2.75, 3.05) is 6.54 Å². The van der Waals surface area contributed by atoms with Gasteiger partial charge in [-0.15, -0.1) is 0 Å². The summed E-state index contributed by atoms with van der Waals surface area (Å²) in [4.78, 5) is 11.8. The minimum atomic E-state index is -0.155. The molecule has 0 fully saturated rings. The second-order valence-corrected chi connectivity index (χ2v) is 5.08. The lowest BCUT2D eigenvalue weighted by molar-refractivity contribution is -0.121. The molecule has 1 aromatic carbocycles. The number of carbonyl (C=O) groups excluding carboxylic acids is 1. The zero-order valence-electron chi connectivity index (χ0n) is 11.9. The van der Waals surface area contributed by atoms with Crippen molar-refractivity contribution < 1.29 is 15.0 Å². The molecule has 0 radical (unpaired) electrons. The lowest BCUT2D eigenvalue weighted by Gasteiger charge is -2.13. The average molecular weight is 280 g/mol. The first-order chi connectivity index (χ1) is 9.52. The number of amides is 1. The van der Waals surface area contributed by atoms with Crippen molar-refractivity contribution in [2.24, 2.45) is 5.73 Å². The molecule has 1 atom stereocenters. The fourth-order valence-corrected chi connectivity index (χ4v) is 2.00. The van der Waals surface area contributed by atoms with Crippen LogP contribution in [0.3, 0.4) is 0 Å². The third-order valence-electron chi connectivity index (χ3n) is 3.18. The molecule has 1 unspecified atom stereocenters. The highest BCUT2D eigenvalue weighted by Gasteiger charge is 2.08. The molecule has 5 N–H and O–H groups in total. The van der Waals surface area contributed by atoms with E-state index in [1.54, 1.807) is 6.07 Å². The molecule has 0 aromatic heterocycles. The van der Waals surface area contributed by atoms with E-state index in [2.05, 4.69) is 5.32 Å². The van der Waals surface area contributed by atoms with Gasteiger partial charge in [0.25, 0.3) is 0 Å². The van der Waals surface area contributed by atoms with Crippen molar-refractivity contribution in [1.29, 1.82) is 0 Å². The Bertz CT molecular complexity index is 435. The molecular weight excluding hydrogens is 256 g/mol. The third-order valence-corrected chi connectivity index (χ3v) is 3.18. The van der Waals surface area contributed by atoms with Gasteiger partial charge in [-0.2, -0.15) is 0 Å². The Morgan fingerprint density at radius 1 is 1.30 bits per heavy atom. The first kappa shape index (κ1) is 16.3. The Balaban J connectivity index is 2.30. The van der Waals surface area contributed by atoms with Gasteiger partial charge in [0.1, 0.15) is 0 Å². The van der Waals surface area contributed by atoms with Crippen molar-refractivity contribution in [1.82, 2.24) is 5.32 Å². The first-order valence-corrected chi connectivity index (χ1v) is 7.03. The molecule has 20 heavy (non-hydrogen) atoms. The van der Waals surface area contributed by atoms with Crippen LogP contribution in [-0.2, 0) is 11.2 Å². The standard InChI is InChI=1S/C15H24N2O3/c1-11(4-2-3-9-16)17-15(20)8-6-12-5-7-13(18)14(19)10-12/h5,7,10-11,18-19H,2-4,6,8-9,16H2,1H3,(H,17,20). The highest BCUT2D eigenvalue weighted by molar-refractivity contribution is 5.76. The molecule has 1 rings (SSSR count). The number of unbranched alkanes of at least 4 members (excludes halogenated alkanes) is 1. The van der Waals surface area contributed by atoms with Crippen LogP contribution < -0.4 is 11.1 Å². The second kappa shape index (κ2) is 8.43. The Morgan fingerprint density at radius 3 is 2.70 bits per heavy atom. The minimum absolute atomic E-state index is 0.00202. The van der Waals surface area contributed by atoms with Gasteiger partial charge in [0, 0.05) is 12.5 Å². The maximum absolute atomic E-state index is 11.8. The van der Waals surface area contributed by atoms with Crippen LogP contribution in [0.2, 0.25) is 0 Å². The lowest BCUT2D eigenvalue weighted by atomic mass is 10.1. The summed E-state index contributed by atoms with van der Waals surface area (Å²) in [6.45, 7) is 2.67. The van der Waals surface area contributed by atoms with E-state index in [0.717, 1.165) is 24.8 Å². The van der Waals surface area contributed by atoms with E-state index in [1.165, 1.54) is 12.1 Å². The third kappa shape index (κ3) is 5.93. The summed E-state index contributed by atoms with van der Waals surface area (Å²) in [6, 6.07) is 4.76. The topological polar surface area (TPSA) is 95.6 Å². The summed E-state index contributed by atoms with van der Waals surface area (Å²) in [5.41, 5.74) is 6.25. The highest BCUT2D eigenvalue weighted by Crippen LogP contribution is 2.25. The van der Waals surface area contributed by atoms with Gasteiger partial charge in [0.05, 0.1) is 0 Å². The molecule has 5 heteroatoms. The quantitative estimate of drug-likeness (QED) is 0.430. The number of hydrogen-bond donors (Lipinski definition) is 4. The van der Waals surface area contributed by atoms with Gasteiger partial charge in [-0.1, -0.05) is 12.5 Å². The van der Waals surface area contributed by atoms with E-state index in [0.29, 0.717) is 19.4 Å². The van der Waals surface area contributed by atoms with E-state index in [4.69, 9.17) is 5.73 Å². The number of phenols is 2. The van der Waals surface area contributed by atoms with Crippen LogP contribution in [0.1, 0.15) is 38.2 Å². The zero-order valence-corrected chi connectivity index (χ0v) is 11.9. The van der Waals surface area contributed by atoms with Crippen molar-refractivity contribution in [3.8, 4) is 11.5 Å². The molecule has 0 bridgehead atoms. The molecule has 0 heterocycles. The van der Waals surface area contributed by atoms with Gasteiger partial charge < -0.3 is 21.3 Å². The predicted octanol–water partition coefficient (Wildman–Crippen LogP) is 1.66. The van der Waals surface area contributed by atoms with E-state index >= 15 is 0 Å². The molecule has 0 saturated heterocycles. The number of nitrogens with one attached hydrogen (secondary N) is 1. The van der Waals surface area contributed by atoms with Gasteiger partial charge in [-0.25, -0.2) is 0 Å². The lowest BCUT2D eigenvalue weighted by Crippen LogP contribution is -2.32. The molecule has 0 spiro atoms. The van der Waals surface area contributed by atoms with Gasteiger partial charge in [-0.3, -0.25) is 4.79 Å². The monoisotopic (exact) mass is 280 g/mol. The molecule has 0 aliphatic heterocycles. The molecule has 112 valence electrons. The van der Waals surface area contributed by atoms with Crippen LogP contribution >= 0.6 is 0 Å². The maximum Gasteiger partial charge on any atom is 0.220 e. The fourth-order valence-electron chi connectivity index (χ4n) is 2.00. The van der Waals surface area contributed by atoms with Crippen molar-refractivity contribution in [3.63, 3.8) is 0 Å². The largest absolute Gasteiger partial charge is 0.504 e. The van der Waals surface area contributed by atoms with Gasteiger partial charge in [0.15, 0.2) is 11.5 Å². The first-order valence-electron chi connectivity index (χ1n) is 7.03. The number of aromatic hydroxyl groups is 2. The SMILES string of the molecule is CC(CCCCN)NC(=O)CCc1ccc(O)c(O)c1.